The highest BCUT2D eigenvalue weighted by molar-refractivity contribution is 7.92. The van der Waals surface area contributed by atoms with Crippen LogP contribution in [0, 0.1) is 17.5 Å². The smallest absolute Gasteiger partial charge is 0.261 e. The van der Waals surface area contributed by atoms with Crippen LogP contribution in [0.1, 0.15) is 0 Å². The summed E-state index contributed by atoms with van der Waals surface area (Å²) in [5, 5.41) is 0. The minimum atomic E-state index is -4.04. The Labute approximate surface area is 154 Å². The maximum Gasteiger partial charge on any atom is 0.261 e. The molecule has 3 aromatic rings. The van der Waals surface area contributed by atoms with Crippen molar-refractivity contribution in [2.45, 2.75) is 4.90 Å². The van der Waals surface area contributed by atoms with Gasteiger partial charge in [-0.2, -0.15) is 0 Å². The fraction of sp³-hybridized carbons (Fsp3) is 0.0526. The van der Waals surface area contributed by atoms with E-state index in [1.807, 2.05) is 0 Å². The molecule has 0 heterocycles. The van der Waals surface area contributed by atoms with E-state index in [1.54, 1.807) is 6.07 Å². The number of sulfonamides is 1. The third kappa shape index (κ3) is 3.90. The Hall–Kier alpha value is -3.00. The molecule has 27 heavy (non-hydrogen) atoms. The van der Waals surface area contributed by atoms with Crippen LogP contribution in [0.2, 0.25) is 0 Å². The highest BCUT2D eigenvalue weighted by Gasteiger charge is 2.19. The molecule has 0 aliphatic carbocycles. The van der Waals surface area contributed by atoms with E-state index in [-0.39, 0.29) is 27.5 Å². The van der Waals surface area contributed by atoms with Crippen molar-refractivity contribution < 1.29 is 26.3 Å². The van der Waals surface area contributed by atoms with E-state index in [2.05, 4.69) is 4.72 Å². The predicted octanol–water partition coefficient (Wildman–Crippen LogP) is 4.58. The van der Waals surface area contributed by atoms with Gasteiger partial charge in [-0.25, -0.2) is 21.6 Å². The summed E-state index contributed by atoms with van der Waals surface area (Å²) in [5.74, 6) is -3.15. The predicted molar refractivity (Wildman–Crippen MR) is 95.6 cm³/mol. The molecule has 0 saturated heterocycles. The third-order valence-corrected chi connectivity index (χ3v) is 5.20. The van der Waals surface area contributed by atoms with Crippen LogP contribution < -0.4 is 9.46 Å². The summed E-state index contributed by atoms with van der Waals surface area (Å²) in [6.07, 6.45) is 0. The first-order chi connectivity index (χ1) is 12.8. The van der Waals surface area contributed by atoms with E-state index in [4.69, 9.17) is 4.74 Å². The van der Waals surface area contributed by atoms with Crippen molar-refractivity contribution in [2.24, 2.45) is 0 Å². The topological polar surface area (TPSA) is 55.4 Å². The lowest BCUT2D eigenvalue weighted by Gasteiger charge is -2.14. The first kappa shape index (κ1) is 18.8. The molecule has 0 fully saturated rings. The molecule has 0 unspecified atom stereocenters. The molecule has 0 spiro atoms. The summed E-state index contributed by atoms with van der Waals surface area (Å²) in [4.78, 5) is -0.0441. The molecular weight excluding hydrogens is 379 g/mol. The van der Waals surface area contributed by atoms with Gasteiger partial charge in [0.2, 0.25) is 0 Å². The maximum absolute atomic E-state index is 13.8. The van der Waals surface area contributed by atoms with Crippen molar-refractivity contribution in [1.29, 1.82) is 0 Å². The highest BCUT2D eigenvalue weighted by atomic mass is 32.2. The number of ether oxygens (including phenoxy) is 1. The monoisotopic (exact) mass is 393 g/mol. The lowest BCUT2D eigenvalue weighted by molar-refractivity contribution is 0.387. The minimum absolute atomic E-state index is 0.0340. The average molecular weight is 393 g/mol. The Kier molecular flexibility index (Phi) is 5.09. The lowest BCUT2D eigenvalue weighted by atomic mass is 10.0. The number of anilines is 1. The van der Waals surface area contributed by atoms with Crippen LogP contribution in [0.3, 0.4) is 0 Å². The number of benzene rings is 3. The third-order valence-electron chi connectivity index (χ3n) is 3.82. The molecule has 8 heteroatoms. The van der Waals surface area contributed by atoms with Crippen molar-refractivity contribution in [3.05, 3.63) is 78.1 Å². The van der Waals surface area contributed by atoms with E-state index >= 15 is 0 Å². The second-order valence-electron chi connectivity index (χ2n) is 5.58. The molecule has 3 rings (SSSR count). The molecular formula is C19H14F3NO3S. The van der Waals surface area contributed by atoms with Gasteiger partial charge in [0.25, 0.3) is 10.0 Å². The highest BCUT2D eigenvalue weighted by Crippen LogP contribution is 2.34. The quantitative estimate of drug-likeness (QED) is 0.690. The lowest BCUT2D eigenvalue weighted by Crippen LogP contribution is -2.14. The van der Waals surface area contributed by atoms with Gasteiger partial charge in [0.05, 0.1) is 17.7 Å². The molecule has 0 aliphatic heterocycles. The summed E-state index contributed by atoms with van der Waals surface area (Å²) in [5.41, 5.74) is 0.0935. The molecule has 0 saturated carbocycles. The van der Waals surface area contributed by atoms with Gasteiger partial charge in [0.1, 0.15) is 0 Å². The Morgan fingerprint density at radius 1 is 0.852 bits per heavy atom. The molecule has 0 radical (unpaired) electrons. The van der Waals surface area contributed by atoms with Gasteiger partial charge >= 0.3 is 0 Å². The van der Waals surface area contributed by atoms with Crippen LogP contribution in [-0.2, 0) is 10.0 Å². The van der Waals surface area contributed by atoms with E-state index in [0.29, 0.717) is 0 Å². The molecule has 140 valence electrons. The second kappa shape index (κ2) is 7.32. The van der Waals surface area contributed by atoms with Gasteiger partial charge in [-0.1, -0.05) is 24.3 Å². The summed E-state index contributed by atoms with van der Waals surface area (Å²) >= 11 is 0. The fourth-order valence-corrected chi connectivity index (χ4v) is 3.59. The van der Waals surface area contributed by atoms with Gasteiger partial charge in [-0.15, -0.1) is 0 Å². The van der Waals surface area contributed by atoms with Crippen LogP contribution in [0.5, 0.6) is 5.75 Å². The van der Waals surface area contributed by atoms with E-state index in [1.165, 1.54) is 43.5 Å². The standard InChI is InChI=1S/C19H14F3NO3S/c1-26-19-9-12(7-8-15(19)20)14-10-16(21)17(22)11-18(14)23-27(24,25)13-5-3-2-4-6-13/h2-11,23H,1H3. The second-order valence-corrected chi connectivity index (χ2v) is 7.26. The van der Waals surface area contributed by atoms with Gasteiger partial charge in [0, 0.05) is 11.6 Å². The summed E-state index contributed by atoms with van der Waals surface area (Å²) in [7, 11) is -2.79. The number of methoxy groups -OCH3 is 1. The Morgan fingerprint density at radius 2 is 1.52 bits per heavy atom. The summed E-state index contributed by atoms with van der Waals surface area (Å²) in [6, 6.07) is 12.7. The van der Waals surface area contributed by atoms with Gasteiger partial charge in [0.15, 0.2) is 23.2 Å². The Morgan fingerprint density at radius 3 is 2.19 bits per heavy atom. The largest absolute Gasteiger partial charge is 0.494 e. The Bertz CT molecular complexity index is 1090. The molecule has 0 bridgehead atoms. The summed E-state index contributed by atoms with van der Waals surface area (Å²) < 4.78 is 73.5. The van der Waals surface area contributed by atoms with Crippen LogP contribution in [0.25, 0.3) is 11.1 Å². The zero-order valence-electron chi connectivity index (χ0n) is 14.0. The average Bonchev–Trinajstić information content (AvgIpc) is 2.65. The zero-order valence-corrected chi connectivity index (χ0v) is 14.9. The van der Waals surface area contributed by atoms with Crippen LogP contribution in [-0.4, -0.2) is 15.5 Å². The Balaban J connectivity index is 2.12. The molecule has 4 nitrogen and oxygen atoms in total. The number of hydrogen-bond donors (Lipinski definition) is 1. The molecule has 0 amide bonds. The SMILES string of the molecule is COc1cc(-c2cc(F)c(F)cc2NS(=O)(=O)c2ccccc2)ccc1F. The fourth-order valence-electron chi connectivity index (χ4n) is 2.50. The molecule has 0 aliphatic rings. The van der Waals surface area contributed by atoms with E-state index < -0.39 is 27.5 Å². The van der Waals surface area contributed by atoms with Crippen molar-refractivity contribution in [3.63, 3.8) is 0 Å². The van der Waals surface area contributed by atoms with E-state index in [9.17, 15) is 21.6 Å². The molecule has 0 aromatic heterocycles. The first-order valence-electron chi connectivity index (χ1n) is 7.72. The van der Waals surface area contributed by atoms with Gasteiger partial charge in [-0.3, -0.25) is 4.72 Å². The van der Waals surface area contributed by atoms with Gasteiger partial charge < -0.3 is 4.74 Å². The van der Waals surface area contributed by atoms with Crippen LogP contribution >= 0.6 is 0 Å². The number of halogens is 3. The maximum atomic E-state index is 13.8. The van der Waals surface area contributed by atoms with Crippen LogP contribution in [0.15, 0.2) is 65.6 Å². The van der Waals surface area contributed by atoms with Crippen molar-refractivity contribution in [1.82, 2.24) is 0 Å². The first-order valence-corrected chi connectivity index (χ1v) is 9.21. The number of hydrogen-bond acceptors (Lipinski definition) is 3. The molecule has 0 atom stereocenters. The van der Waals surface area contributed by atoms with Crippen molar-refractivity contribution in [3.8, 4) is 16.9 Å². The van der Waals surface area contributed by atoms with Crippen molar-refractivity contribution >= 4 is 15.7 Å². The van der Waals surface area contributed by atoms with Crippen LogP contribution in [0.4, 0.5) is 18.9 Å². The van der Waals surface area contributed by atoms with Crippen molar-refractivity contribution in [2.75, 3.05) is 11.8 Å². The normalized spacial score (nSPS) is 11.3. The minimum Gasteiger partial charge on any atom is -0.494 e. The zero-order chi connectivity index (χ0) is 19.6. The molecule has 1 N–H and O–H groups in total. The number of rotatable bonds is 5. The molecule has 3 aromatic carbocycles. The van der Waals surface area contributed by atoms with E-state index in [0.717, 1.165) is 18.2 Å². The summed E-state index contributed by atoms with van der Waals surface area (Å²) in [6.45, 7) is 0. The van der Waals surface area contributed by atoms with Gasteiger partial charge in [-0.05, 0) is 35.9 Å². The number of nitrogens with one attached hydrogen (secondary N) is 1.